The molecule has 3 amide bonds. The number of aromatic nitrogens is 2. The van der Waals surface area contributed by atoms with Crippen LogP contribution in [0.2, 0.25) is 0 Å². The fraction of sp³-hybridized carbons (Fsp3) is 0.273. The first-order valence-electron chi connectivity index (χ1n) is 14.2. The highest BCUT2D eigenvalue weighted by atomic mass is 16.5. The van der Waals surface area contributed by atoms with E-state index < -0.39 is 18.0 Å². The van der Waals surface area contributed by atoms with Crippen molar-refractivity contribution in [3.05, 3.63) is 114 Å². The van der Waals surface area contributed by atoms with E-state index in [1.165, 1.54) is 11.2 Å². The fourth-order valence-corrected chi connectivity index (χ4v) is 4.67. The molecule has 0 aliphatic rings. The third-order valence-electron chi connectivity index (χ3n) is 6.79. The highest BCUT2D eigenvalue weighted by molar-refractivity contribution is 5.97. The second-order valence-corrected chi connectivity index (χ2v) is 9.93. The van der Waals surface area contributed by atoms with E-state index in [-0.39, 0.29) is 32.0 Å². The molecule has 43 heavy (non-hydrogen) atoms. The van der Waals surface area contributed by atoms with Crippen LogP contribution in [0.4, 0.5) is 10.5 Å². The first-order valence-corrected chi connectivity index (χ1v) is 14.2. The van der Waals surface area contributed by atoms with Crippen LogP contribution in [0.15, 0.2) is 97.5 Å². The zero-order chi connectivity index (χ0) is 30.4. The number of nitrogens with zero attached hydrogens (tertiary/aromatic N) is 3. The van der Waals surface area contributed by atoms with Gasteiger partial charge in [-0.25, -0.2) is 9.78 Å². The summed E-state index contributed by atoms with van der Waals surface area (Å²) in [4.78, 5) is 51.1. The predicted octanol–water partition coefficient (Wildman–Crippen LogP) is 4.73. The number of anilines is 1. The number of carbonyl (C=O) groups excluding carboxylic acids is 3. The summed E-state index contributed by atoms with van der Waals surface area (Å²) in [5, 5.41) is 2.72. The number of amides is 3. The molecular formula is C33H37N5O5. The van der Waals surface area contributed by atoms with Crippen LogP contribution in [0.3, 0.4) is 0 Å². The van der Waals surface area contributed by atoms with Gasteiger partial charge >= 0.3 is 6.09 Å². The van der Waals surface area contributed by atoms with Crippen molar-refractivity contribution in [3.8, 4) is 5.75 Å². The van der Waals surface area contributed by atoms with Gasteiger partial charge in [0.2, 0.25) is 11.8 Å². The normalized spacial score (nSPS) is 11.3. The van der Waals surface area contributed by atoms with Crippen molar-refractivity contribution in [2.24, 2.45) is 0 Å². The minimum atomic E-state index is -1.04. The summed E-state index contributed by atoms with van der Waals surface area (Å²) in [6.45, 7) is 2.40. The number of aromatic amines is 1. The predicted molar refractivity (Wildman–Crippen MR) is 163 cm³/mol. The van der Waals surface area contributed by atoms with Gasteiger partial charge in [0, 0.05) is 42.7 Å². The number of nitrogens with one attached hydrogen (secondary N) is 2. The molecule has 1 atom stereocenters. The van der Waals surface area contributed by atoms with E-state index in [0.29, 0.717) is 18.0 Å². The molecule has 4 rings (SSSR count). The summed E-state index contributed by atoms with van der Waals surface area (Å²) < 4.78 is 11.0. The number of ether oxygens (including phenoxy) is 2. The Hall–Kier alpha value is -5.12. The maximum atomic E-state index is 14.2. The van der Waals surface area contributed by atoms with Crippen LogP contribution >= 0.6 is 0 Å². The molecule has 224 valence electrons. The van der Waals surface area contributed by atoms with Crippen molar-refractivity contribution in [1.29, 1.82) is 0 Å². The Kier molecular flexibility index (Phi) is 11.3. The smallest absolute Gasteiger partial charge is 0.408 e. The quantitative estimate of drug-likeness (QED) is 0.222. The van der Waals surface area contributed by atoms with Crippen LogP contribution in [0.5, 0.6) is 5.75 Å². The number of carbonyl (C=O) groups is 3. The topological polar surface area (TPSA) is 117 Å². The van der Waals surface area contributed by atoms with E-state index in [1.54, 1.807) is 24.3 Å². The van der Waals surface area contributed by atoms with Crippen LogP contribution in [-0.4, -0.2) is 59.0 Å². The van der Waals surface area contributed by atoms with Crippen molar-refractivity contribution in [3.63, 3.8) is 0 Å². The second-order valence-electron chi connectivity index (χ2n) is 9.93. The van der Waals surface area contributed by atoms with E-state index in [4.69, 9.17) is 9.47 Å². The molecule has 4 aromatic rings. The highest BCUT2D eigenvalue weighted by Crippen LogP contribution is 2.21. The largest absolute Gasteiger partial charge is 0.496 e. The number of rotatable bonds is 14. The summed E-state index contributed by atoms with van der Waals surface area (Å²) in [6.07, 6.45) is 3.20. The molecule has 3 aromatic carbocycles. The summed E-state index contributed by atoms with van der Waals surface area (Å²) in [5.41, 5.74) is 2.92. The van der Waals surface area contributed by atoms with Crippen LogP contribution in [-0.2, 0) is 33.9 Å². The van der Waals surface area contributed by atoms with Crippen LogP contribution in [0, 0.1) is 0 Å². The van der Waals surface area contributed by atoms with E-state index in [2.05, 4.69) is 15.3 Å². The number of hydrogen-bond acceptors (Lipinski definition) is 6. The van der Waals surface area contributed by atoms with Crippen molar-refractivity contribution < 1.29 is 23.9 Å². The fourth-order valence-electron chi connectivity index (χ4n) is 4.67. The lowest BCUT2D eigenvalue weighted by Gasteiger charge is -2.30. The van der Waals surface area contributed by atoms with Gasteiger partial charge in [-0.15, -0.1) is 0 Å². The molecule has 1 aromatic heterocycles. The molecule has 0 spiro atoms. The van der Waals surface area contributed by atoms with Crippen molar-refractivity contribution in [2.75, 3.05) is 25.1 Å². The van der Waals surface area contributed by atoms with E-state index in [1.807, 2.05) is 85.8 Å². The van der Waals surface area contributed by atoms with Gasteiger partial charge in [-0.05, 0) is 30.2 Å². The summed E-state index contributed by atoms with van der Waals surface area (Å²) >= 11 is 0. The van der Waals surface area contributed by atoms with E-state index in [9.17, 15) is 14.4 Å². The number of methoxy groups -OCH3 is 1. The molecule has 0 radical (unpaired) electrons. The first kappa shape index (κ1) is 30.8. The van der Waals surface area contributed by atoms with Crippen molar-refractivity contribution in [1.82, 2.24) is 20.2 Å². The van der Waals surface area contributed by atoms with E-state index >= 15 is 0 Å². The van der Waals surface area contributed by atoms with Crippen LogP contribution in [0.25, 0.3) is 0 Å². The number of benzene rings is 3. The molecule has 10 nitrogen and oxygen atoms in total. The second kappa shape index (κ2) is 15.8. The van der Waals surface area contributed by atoms with Gasteiger partial charge in [0.15, 0.2) is 0 Å². The molecule has 0 saturated carbocycles. The number of para-hydroxylation sites is 2. The molecular weight excluding hydrogens is 546 g/mol. The minimum absolute atomic E-state index is 0.0457. The highest BCUT2D eigenvalue weighted by Gasteiger charge is 2.31. The average molecular weight is 584 g/mol. The lowest BCUT2D eigenvalue weighted by molar-refractivity contribution is -0.137. The number of imidazole rings is 1. The van der Waals surface area contributed by atoms with Gasteiger partial charge in [-0.2, -0.15) is 0 Å². The number of H-pyrrole nitrogens is 1. The Balaban J connectivity index is 1.60. The Bertz CT molecular complexity index is 1450. The molecule has 0 bridgehead atoms. The third kappa shape index (κ3) is 8.93. The minimum Gasteiger partial charge on any atom is -0.496 e. The van der Waals surface area contributed by atoms with E-state index in [0.717, 1.165) is 23.2 Å². The maximum absolute atomic E-state index is 14.2. The number of hydrogen-bond donors (Lipinski definition) is 2. The molecule has 1 heterocycles. The molecule has 1 unspecified atom stereocenters. The Morgan fingerprint density at radius 1 is 0.953 bits per heavy atom. The zero-order valence-corrected chi connectivity index (χ0v) is 24.4. The monoisotopic (exact) mass is 583 g/mol. The van der Waals surface area contributed by atoms with Gasteiger partial charge in [-0.3, -0.25) is 9.59 Å². The molecule has 0 aliphatic heterocycles. The van der Waals surface area contributed by atoms with Gasteiger partial charge in [0.05, 0.1) is 13.4 Å². The lowest BCUT2D eigenvalue weighted by Crippen LogP contribution is -2.52. The zero-order valence-electron chi connectivity index (χ0n) is 24.4. The molecule has 0 fully saturated rings. The molecule has 10 heteroatoms. The first-order chi connectivity index (χ1) is 21.0. The van der Waals surface area contributed by atoms with Crippen molar-refractivity contribution in [2.45, 2.75) is 39.0 Å². The summed E-state index contributed by atoms with van der Waals surface area (Å²) in [6, 6.07) is 24.9. The third-order valence-corrected chi connectivity index (χ3v) is 6.79. The van der Waals surface area contributed by atoms with Gasteiger partial charge < -0.3 is 29.6 Å². The van der Waals surface area contributed by atoms with Crippen LogP contribution in [0.1, 0.15) is 30.2 Å². The Morgan fingerprint density at radius 2 is 1.65 bits per heavy atom. The van der Waals surface area contributed by atoms with Crippen LogP contribution < -0.4 is 15.0 Å². The maximum Gasteiger partial charge on any atom is 0.408 e. The standard InChI is InChI=1S/C33H37N5O5/c1-3-18-38(28-15-8-5-9-16-28)31(39)22-37(21-26-14-10-11-17-30(26)42-2)32(40)29(19-27-20-34-24-35-27)36-33(41)43-23-25-12-6-4-7-13-25/h4-17,20,24,29H,3,18-19,21-23H2,1-2H3,(H,34,35)(H,36,41). The lowest BCUT2D eigenvalue weighted by atomic mass is 10.1. The Labute approximate surface area is 251 Å². The van der Waals surface area contributed by atoms with Gasteiger partial charge in [-0.1, -0.05) is 73.7 Å². The molecule has 0 saturated heterocycles. The SMILES string of the molecule is CCCN(C(=O)CN(Cc1ccccc1OC)C(=O)C(Cc1cnc[nH]1)NC(=O)OCc1ccccc1)c1ccccc1. The number of alkyl carbamates (subject to hydrolysis) is 1. The van der Waals surface area contributed by atoms with Crippen molar-refractivity contribution >= 4 is 23.6 Å². The Morgan fingerprint density at radius 3 is 2.33 bits per heavy atom. The summed E-state index contributed by atoms with van der Waals surface area (Å²) in [5.74, 6) is -0.111. The van der Waals surface area contributed by atoms with Gasteiger partial charge in [0.1, 0.15) is 24.9 Å². The average Bonchev–Trinajstić information content (AvgIpc) is 3.56. The molecule has 2 N–H and O–H groups in total. The summed E-state index contributed by atoms with van der Waals surface area (Å²) in [7, 11) is 1.56. The van der Waals surface area contributed by atoms with Gasteiger partial charge in [0.25, 0.3) is 0 Å². The molecule has 0 aliphatic carbocycles.